The van der Waals surface area contributed by atoms with E-state index in [0.29, 0.717) is 18.0 Å². The molecule has 5 nitrogen and oxygen atoms in total. The third-order valence-corrected chi connectivity index (χ3v) is 3.16. The number of hydrogen-bond donors (Lipinski definition) is 2. The molecule has 0 unspecified atom stereocenters. The van der Waals surface area contributed by atoms with E-state index in [1.807, 2.05) is 42.5 Å². The van der Waals surface area contributed by atoms with E-state index in [1.165, 1.54) is 0 Å². The fourth-order valence-electron chi connectivity index (χ4n) is 2.02. The summed E-state index contributed by atoms with van der Waals surface area (Å²) in [5.41, 5.74) is 1.80. The molecule has 0 aliphatic rings. The molecule has 22 heavy (non-hydrogen) atoms. The van der Waals surface area contributed by atoms with Crippen LogP contribution in [0, 0.1) is 0 Å². The molecule has 0 bridgehead atoms. The third-order valence-electron chi connectivity index (χ3n) is 3.16. The Morgan fingerprint density at radius 2 is 1.68 bits per heavy atom. The summed E-state index contributed by atoms with van der Waals surface area (Å²) in [4.78, 5) is 11.8. The van der Waals surface area contributed by atoms with Crippen molar-refractivity contribution in [1.82, 2.24) is 5.32 Å². The SMILES string of the molecule is COc1cccc(CCNC(=O)Nc2cccc(OC)c2)c1. The number of methoxy groups -OCH3 is 2. The van der Waals surface area contributed by atoms with Crippen molar-refractivity contribution in [3.8, 4) is 11.5 Å². The van der Waals surface area contributed by atoms with Crippen molar-refractivity contribution >= 4 is 11.7 Å². The van der Waals surface area contributed by atoms with Crippen LogP contribution in [0.2, 0.25) is 0 Å². The predicted octanol–water partition coefficient (Wildman–Crippen LogP) is 3.07. The van der Waals surface area contributed by atoms with Gasteiger partial charge in [-0.3, -0.25) is 0 Å². The van der Waals surface area contributed by atoms with Crippen LogP contribution in [-0.2, 0) is 6.42 Å². The quantitative estimate of drug-likeness (QED) is 0.862. The minimum atomic E-state index is -0.240. The van der Waals surface area contributed by atoms with Crippen molar-refractivity contribution in [2.75, 3.05) is 26.1 Å². The number of benzene rings is 2. The average molecular weight is 300 g/mol. The summed E-state index contributed by atoms with van der Waals surface area (Å²) < 4.78 is 10.3. The number of ether oxygens (including phenoxy) is 2. The van der Waals surface area contributed by atoms with Crippen molar-refractivity contribution in [2.24, 2.45) is 0 Å². The molecule has 5 heteroatoms. The number of rotatable bonds is 6. The Bertz CT molecular complexity index is 629. The summed E-state index contributed by atoms with van der Waals surface area (Å²) in [5.74, 6) is 1.52. The predicted molar refractivity (Wildman–Crippen MR) is 86.7 cm³/mol. The van der Waals surface area contributed by atoms with Crippen LogP contribution in [0.3, 0.4) is 0 Å². The maximum Gasteiger partial charge on any atom is 0.319 e. The van der Waals surface area contributed by atoms with Gasteiger partial charge in [0.2, 0.25) is 0 Å². The molecule has 0 fully saturated rings. The number of amides is 2. The van der Waals surface area contributed by atoms with E-state index < -0.39 is 0 Å². The summed E-state index contributed by atoms with van der Waals surface area (Å²) >= 11 is 0. The molecule has 0 atom stereocenters. The zero-order valence-corrected chi connectivity index (χ0v) is 12.8. The zero-order valence-electron chi connectivity index (χ0n) is 12.8. The van der Waals surface area contributed by atoms with E-state index in [1.54, 1.807) is 20.3 Å². The highest BCUT2D eigenvalue weighted by Crippen LogP contribution is 2.16. The Balaban J connectivity index is 1.79. The molecule has 0 aliphatic carbocycles. The van der Waals surface area contributed by atoms with Gasteiger partial charge in [-0.15, -0.1) is 0 Å². The van der Waals surface area contributed by atoms with E-state index >= 15 is 0 Å². The van der Waals surface area contributed by atoms with Gasteiger partial charge in [-0.25, -0.2) is 4.79 Å². The molecule has 0 radical (unpaired) electrons. The molecule has 2 aromatic carbocycles. The summed E-state index contributed by atoms with van der Waals surface area (Å²) in [7, 11) is 3.23. The smallest absolute Gasteiger partial charge is 0.319 e. The largest absolute Gasteiger partial charge is 0.497 e. The standard InChI is InChI=1S/C17H20N2O3/c1-21-15-7-3-5-13(11-15)9-10-18-17(20)19-14-6-4-8-16(12-14)22-2/h3-8,11-12H,9-10H2,1-2H3,(H2,18,19,20). The van der Waals surface area contributed by atoms with Crippen molar-refractivity contribution in [3.05, 3.63) is 54.1 Å². The monoisotopic (exact) mass is 300 g/mol. The number of anilines is 1. The highest BCUT2D eigenvalue weighted by Gasteiger charge is 2.03. The fraction of sp³-hybridized carbons (Fsp3) is 0.235. The Hall–Kier alpha value is -2.69. The van der Waals surface area contributed by atoms with Gasteiger partial charge in [-0.2, -0.15) is 0 Å². The maximum atomic E-state index is 11.8. The zero-order chi connectivity index (χ0) is 15.8. The number of nitrogens with one attached hydrogen (secondary N) is 2. The minimum Gasteiger partial charge on any atom is -0.497 e. The van der Waals surface area contributed by atoms with E-state index in [-0.39, 0.29) is 6.03 Å². The van der Waals surface area contributed by atoms with Crippen LogP contribution in [0.1, 0.15) is 5.56 Å². The molecule has 0 spiro atoms. The van der Waals surface area contributed by atoms with Crippen LogP contribution < -0.4 is 20.1 Å². The van der Waals surface area contributed by atoms with Gasteiger partial charge < -0.3 is 20.1 Å². The lowest BCUT2D eigenvalue weighted by Gasteiger charge is -2.09. The number of carbonyl (C=O) groups excluding carboxylic acids is 1. The number of urea groups is 1. The van der Waals surface area contributed by atoms with Gasteiger partial charge in [-0.1, -0.05) is 18.2 Å². The molecule has 0 aliphatic heterocycles. The molecule has 2 N–H and O–H groups in total. The van der Waals surface area contributed by atoms with Crippen molar-refractivity contribution in [3.63, 3.8) is 0 Å². The Labute approximate surface area is 130 Å². The molecule has 2 rings (SSSR count). The van der Waals surface area contributed by atoms with Crippen LogP contribution in [0.5, 0.6) is 11.5 Å². The topological polar surface area (TPSA) is 59.6 Å². The van der Waals surface area contributed by atoms with Crippen molar-refractivity contribution in [1.29, 1.82) is 0 Å². The molecule has 0 saturated heterocycles. The van der Waals surface area contributed by atoms with E-state index in [9.17, 15) is 4.79 Å². The number of carbonyl (C=O) groups is 1. The molecule has 2 aromatic rings. The second-order valence-electron chi connectivity index (χ2n) is 4.71. The Morgan fingerprint density at radius 1 is 1.00 bits per heavy atom. The molecular formula is C17H20N2O3. The second kappa shape index (κ2) is 7.93. The molecular weight excluding hydrogens is 280 g/mol. The maximum absolute atomic E-state index is 11.8. The molecule has 0 aromatic heterocycles. The van der Waals surface area contributed by atoms with E-state index in [4.69, 9.17) is 9.47 Å². The van der Waals surface area contributed by atoms with Crippen LogP contribution >= 0.6 is 0 Å². The first-order valence-corrected chi connectivity index (χ1v) is 7.03. The second-order valence-corrected chi connectivity index (χ2v) is 4.71. The van der Waals surface area contributed by atoms with Crippen LogP contribution in [-0.4, -0.2) is 26.8 Å². The highest BCUT2D eigenvalue weighted by atomic mass is 16.5. The van der Waals surface area contributed by atoms with Gasteiger partial charge >= 0.3 is 6.03 Å². The first-order valence-electron chi connectivity index (χ1n) is 7.03. The van der Waals surface area contributed by atoms with Crippen LogP contribution in [0.4, 0.5) is 10.5 Å². The van der Waals surface area contributed by atoms with Gasteiger partial charge in [0.15, 0.2) is 0 Å². The highest BCUT2D eigenvalue weighted by molar-refractivity contribution is 5.89. The van der Waals surface area contributed by atoms with Crippen molar-refractivity contribution < 1.29 is 14.3 Å². The van der Waals surface area contributed by atoms with Gasteiger partial charge in [0.25, 0.3) is 0 Å². The fourth-order valence-corrected chi connectivity index (χ4v) is 2.02. The first-order chi connectivity index (χ1) is 10.7. The molecule has 116 valence electrons. The summed E-state index contributed by atoms with van der Waals surface area (Å²) in [5, 5.41) is 5.59. The average Bonchev–Trinajstić information content (AvgIpc) is 2.55. The lowest BCUT2D eigenvalue weighted by Crippen LogP contribution is -2.30. The third kappa shape index (κ3) is 4.70. The normalized spacial score (nSPS) is 9.91. The summed E-state index contributed by atoms with van der Waals surface area (Å²) in [6.45, 7) is 0.545. The number of hydrogen-bond acceptors (Lipinski definition) is 3. The first kappa shape index (κ1) is 15.7. The van der Waals surface area contributed by atoms with Crippen LogP contribution in [0.15, 0.2) is 48.5 Å². The summed E-state index contributed by atoms with van der Waals surface area (Å²) in [6, 6.07) is 14.8. The van der Waals surface area contributed by atoms with Gasteiger partial charge in [0.05, 0.1) is 14.2 Å². The summed E-state index contributed by atoms with van der Waals surface area (Å²) in [6.07, 6.45) is 0.739. The minimum absolute atomic E-state index is 0.240. The molecule has 0 heterocycles. The van der Waals surface area contributed by atoms with Gasteiger partial charge in [0.1, 0.15) is 11.5 Å². The van der Waals surface area contributed by atoms with E-state index in [2.05, 4.69) is 10.6 Å². The van der Waals surface area contributed by atoms with Crippen molar-refractivity contribution in [2.45, 2.75) is 6.42 Å². The lowest BCUT2D eigenvalue weighted by molar-refractivity contribution is 0.252. The van der Waals surface area contributed by atoms with Crippen LogP contribution in [0.25, 0.3) is 0 Å². The Morgan fingerprint density at radius 3 is 2.41 bits per heavy atom. The lowest BCUT2D eigenvalue weighted by atomic mass is 10.1. The Kier molecular flexibility index (Phi) is 5.65. The van der Waals surface area contributed by atoms with E-state index in [0.717, 1.165) is 17.7 Å². The molecule has 0 saturated carbocycles. The van der Waals surface area contributed by atoms with Gasteiger partial charge in [-0.05, 0) is 36.2 Å². The van der Waals surface area contributed by atoms with Gasteiger partial charge in [0, 0.05) is 18.3 Å². The molecule has 2 amide bonds.